The highest BCUT2D eigenvalue weighted by Gasteiger charge is 2.38. The molecule has 4 heteroatoms. The smallest absolute Gasteiger partial charge is 0.317 e. The molecule has 3 N–H and O–H groups in total. The Morgan fingerprint density at radius 3 is 2.53 bits per heavy atom. The molecule has 0 saturated heterocycles. The summed E-state index contributed by atoms with van der Waals surface area (Å²) < 4.78 is 0. The van der Waals surface area contributed by atoms with E-state index in [0.717, 1.165) is 25.8 Å². The van der Waals surface area contributed by atoms with E-state index in [9.17, 15) is 4.79 Å². The molecule has 0 aromatic rings. The zero-order chi connectivity index (χ0) is 11.3. The van der Waals surface area contributed by atoms with E-state index in [0.29, 0.717) is 6.54 Å². The molecule has 0 spiro atoms. The Morgan fingerprint density at radius 1 is 1.47 bits per heavy atom. The summed E-state index contributed by atoms with van der Waals surface area (Å²) in [6.45, 7) is 3.36. The molecule has 1 saturated carbocycles. The molecule has 1 aliphatic rings. The van der Waals surface area contributed by atoms with Crippen LogP contribution in [-0.2, 0) is 0 Å². The van der Waals surface area contributed by atoms with Crippen molar-refractivity contribution in [1.82, 2.24) is 10.2 Å². The van der Waals surface area contributed by atoms with Crippen LogP contribution in [0.15, 0.2) is 0 Å². The Bertz CT molecular complexity index is 212. The molecule has 0 aliphatic heterocycles. The standard InChI is InChI=1S/C11H23N3O/c1-3-8-13-10(15)14(2)11(9-12)6-4-5-7-11/h3-9,12H2,1-2H3,(H,13,15). The van der Waals surface area contributed by atoms with Crippen LogP contribution in [0.3, 0.4) is 0 Å². The summed E-state index contributed by atoms with van der Waals surface area (Å²) in [5, 5.41) is 2.90. The van der Waals surface area contributed by atoms with E-state index in [4.69, 9.17) is 5.73 Å². The van der Waals surface area contributed by atoms with E-state index in [1.54, 1.807) is 0 Å². The lowest BCUT2D eigenvalue weighted by atomic mass is 9.96. The number of nitrogens with one attached hydrogen (secondary N) is 1. The molecule has 0 aromatic heterocycles. The SMILES string of the molecule is CCCNC(=O)N(C)C1(CN)CCCC1. The highest BCUT2D eigenvalue weighted by molar-refractivity contribution is 5.74. The van der Waals surface area contributed by atoms with Crippen molar-refractivity contribution in [1.29, 1.82) is 0 Å². The molecule has 0 atom stereocenters. The van der Waals surface area contributed by atoms with Gasteiger partial charge in [0.25, 0.3) is 0 Å². The van der Waals surface area contributed by atoms with E-state index < -0.39 is 0 Å². The van der Waals surface area contributed by atoms with E-state index in [2.05, 4.69) is 12.2 Å². The molecule has 1 rings (SSSR count). The van der Waals surface area contributed by atoms with Crippen LogP contribution < -0.4 is 11.1 Å². The van der Waals surface area contributed by atoms with Gasteiger partial charge in [0.2, 0.25) is 0 Å². The van der Waals surface area contributed by atoms with Gasteiger partial charge in [0.15, 0.2) is 0 Å². The minimum Gasteiger partial charge on any atom is -0.338 e. The predicted molar refractivity (Wildman–Crippen MR) is 61.7 cm³/mol. The molecule has 1 fully saturated rings. The number of nitrogens with two attached hydrogens (primary N) is 1. The molecule has 4 nitrogen and oxygen atoms in total. The van der Waals surface area contributed by atoms with Crippen LogP contribution >= 0.6 is 0 Å². The van der Waals surface area contributed by atoms with Crippen LogP contribution in [0.2, 0.25) is 0 Å². The first-order valence-electron chi connectivity index (χ1n) is 5.88. The van der Waals surface area contributed by atoms with E-state index >= 15 is 0 Å². The molecule has 0 unspecified atom stereocenters. The maximum atomic E-state index is 11.8. The molecule has 0 radical (unpaired) electrons. The van der Waals surface area contributed by atoms with Gasteiger partial charge >= 0.3 is 6.03 Å². The molecule has 0 bridgehead atoms. The van der Waals surface area contributed by atoms with Crippen LogP contribution in [0.5, 0.6) is 0 Å². The van der Waals surface area contributed by atoms with Crippen molar-refractivity contribution in [3.05, 3.63) is 0 Å². The van der Waals surface area contributed by atoms with Crippen molar-refractivity contribution in [2.75, 3.05) is 20.1 Å². The topological polar surface area (TPSA) is 58.4 Å². The second-order valence-corrected chi connectivity index (χ2v) is 4.43. The molecule has 0 aromatic carbocycles. The summed E-state index contributed by atoms with van der Waals surface area (Å²) >= 11 is 0. The second-order valence-electron chi connectivity index (χ2n) is 4.43. The van der Waals surface area contributed by atoms with Gasteiger partial charge in [-0.05, 0) is 19.3 Å². The van der Waals surface area contributed by atoms with Crippen LogP contribution in [0, 0.1) is 0 Å². The van der Waals surface area contributed by atoms with Crippen LogP contribution in [0.25, 0.3) is 0 Å². The van der Waals surface area contributed by atoms with Crippen LogP contribution in [-0.4, -0.2) is 36.6 Å². The average molecular weight is 213 g/mol. The van der Waals surface area contributed by atoms with E-state index in [1.807, 2.05) is 11.9 Å². The van der Waals surface area contributed by atoms with Gasteiger partial charge in [-0.15, -0.1) is 0 Å². The first-order chi connectivity index (χ1) is 7.16. The molecular weight excluding hydrogens is 190 g/mol. The maximum absolute atomic E-state index is 11.8. The summed E-state index contributed by atoms with van der Waals surface area (Å²) in [6.07, 6.45) is 5.42. The number of amides is 2. The first-order valence-corrected chi connectivity index (χ1v) is 5.88. The zero-order valence-electron chi connectivity index (χ0n) is 9.88. The second kappa shape index (κ2) is 5.35. The van der Waals surface area contributed by atoms with Gasteiger partial charge in [-0.2, -0.15) is 0 Å². The van der Waals surface area contributed by atoms with E-state index in [-0.39, 0.29) is 11.6 Å². The molecule has 0 heterocycles. The summed E-state index contributed by atoms with van der Waals surface area (Å²) in [5.41, 5.74) is 5.73. The van der Waals surface area contributed by atoms with Crippen molar-refractivity contribution in [3.8, 4) is 0 Å². The molecule has 2 amide bonds. The van der Waals surface area contributed by atoms with Gasteiger partial charge < -0.3 is 16.0 Å². The lowest BCUT2D eigenvalue weighted by Gasteiger charge is -2.37. The molecule has 88 valence electrons. The number of hydrogen-bond donors (Lipinski definition) is 2. The molecule has 15 heavy (non-hydrogen) atoms. The number of carbonyl (C=O) groups excluding carboxylic acids is 1. The fraction of sp³-hybridized carbons (Fsp3) is 0.909. The third kappa shape index (κ3) is 2.62. The van der Waals surface area contributed by atoms with Crippen molar-refractivity contribution in [2.45, 2.75) is 44.6 Å². The monoisotopic (exact) mass is 213 g/mol. The lowest BCUT2D eigenvalue weighted by Crippen LogP contribution is -2.55. The van der Waals surface area contributed by atoms with Gasteiger partial charge in [0, 0.05) is 20.1 Å². The molecule has 1 aliphatic carbocycles. The van der Waals surface area contributed by atoms with Crippen LogP contribution in [0.1, 0.15) is 39.0 Å². The summed E-state index contributed by atoms with van der Waals surface area (Å²) in [4.78, 5) is 13.6. The van der Waals surface area contributed by atoms with Gasteiger partial charge in [-0.1, -0.05) is 19.8 Å². The Hall–Kier alpha value is -0.770. The first kappa shape index (κ1) is 12.3. The Kier molecular flexibility index (Phi) is 4.39. The summed E-state index contributed by atoms with van der Waals surface area (Å²) in [5.74, 6) is 0. The highest BCUT2D eigenvalue weighted by Crippen LogP contribution is 2.33. The van der Waals surface area contributed by atoms with Gasteiger partial charge in [0.1, 0.15) is 0 Å². The number of carbonyl (C=O) groups is 1. The lowest BCUT2D eigenvalue weighted by molar-refractivity contribution is 0.141. The number of urea groups is 1. The molecular formula is C11H23N3O. The van der Waals surface area contributed by atoms with Crippen LogP contribution in [0.4, 0.5) is 4.79 Å². The third-order valence-electron chi connectivity index (χ3n) is 3.46. The van der Waals surface area contributed by atoms with Gasteiger partial charge in [-0.3, -0.25) is 0 Å². The summed E-state index contributed by atoms with van der Waals surface area (Å²) in [6, 6.07) is 0.0178. The van der Waals surface area contributed by atoms with E-state index in [1.165, 1.54) is 12.8 Å². The van der Waals surface area contributed by atoms with Crippen molar-refractivity contribution in [2.24, 2.45) is 5.73 Å². The Balaban J connectivity index is 2.56. The van der Waals surface area contributed by atoms with Crippen molar-refractivity contribution in [3.63, 3.8) is 0 Å². The normalized spacial score (nSPS) is 18.9. The quantitative estimate of drug-likeness (QED) is 0.739. The highest BCUT2D eigenvalue weighted by atomic mass is 16.2. The number of nitrogens with zero attached hydrogens (tertiary/aromatic N) is 1. The number of rotatable bonds is 4. The fourth-order valence-electron chi connectivity index (χ4n) is 2.28. The number of hydrogen-bond acceptors (Lipinski definition) is 2. The van der Waals surface area contributed by atoms with Gasteiger partial charge in [0.05, 0.1) is 5.54 Å². The Labute approximate surface area is 92.2 Å². The third-order valence-corrected chi connectivity index (χ3v) is 3.46. The number of likely N-dealkylation sites (N-methyl/N-ethyl adjacent to an activating group) is 1. The Morgan fingerprint density at radius 2 is 2.07 bits per heavy atom. The zero-order valence-corrected chi connectivity index (χ0v) is 9.88. The van der Waals surface area contributed by atoms with Crippen molar-refractivity contribution < 1.29 is 4.79 Å². The maximum Gasteiger partial charge on any atom is 0.317 e. The van der Waals surface area contributed by atoms with Gasteiger partial charge in [-0.25, -0.2) is 4.79 Å². The predicted octanol–water partition coefficient (Wildman–Crippen LogP) is 1.31. The van der Waals surface area contributed by atoms with Crippen molar-refractivity contribution >= 4 is 6.03 Å². The average Bonchev–Trinajstić information content (AvgIpc) is 2.74. The fourth-order valence-corrected chi connectivity index (χ4v) is 2.28. The summed E-state index contributed by atoms with van der Waals surface area (Å²) in [7, 11) is 1.86. The minimum atomic E-state index is -0.0855. The minimum absolute atomic E-state index is 0.0178. The largest absolute Gasteiger partial charge is 0.338 e.